The maximum atomic E-state index is 8.71. The molecule has 2 heteroatoms. The van der Waals surface area contributed by atoms with Crippen molar-refractivity contribution in [2.45, 2.75) is 32.2 Å². The van der Waals surface area contributed by atoms with Crippen LogP contribution < -0.4 is 0 Å². The molecule has 0 radical (unpaired) electrons. The first kappa shape index (κ1) is 12.1. The van der Waals surface area contributed by atoms with Crippen LogP contribution in [0.25, 0.3) is 0 Å². The molecule has 0 saturated carbocycles. The molecule has 0 aliphatic carbocycles. The van der Waals surface area contributed by atoms with E-state index in [2.05, 4.69) is 48.2 Å². The summed E-state index contributed by atoms with van der Waals surface area (Å²) >= 11 is 0. The zero-order valence-corrected chi connectivity index (χ0v) is 10.5. The van der Waals surface area contributed by atoms with Crippen molar-refractivity contribution in [2.75, 3.05) is 13.1 Å². The van der Waals surface area contributed by atoms with Crippen LogP contribution in [-0.2, 0) is 0 Å². The van der Waals surface area contributed by atoms with Gasteiger partial charge in [0, 0.05) is 12.5 Å². The maximum Gasteiger partial charge on any atom is 0.0624 e. The minimum atomic E-state index is 0.499. The molecular formula is C15H20N2. The zero-order chi connectivity index (χ0) is 12.1. The van der Waals surface area contributed by atoms with Gasteiger partial charge < -0.3 is 0 Å². The van der Waals surface area contributed by atoms with Crippen LogP contribution >= 0.6 is 0 Å². The number of nitriles is 1. The number of benzene rings is 1. The number of rotatable bonds is 3. The predicted molar refractivity (Wildman–Crippen MR) is 69.4 cm³/mol. The van der Waals surface area contributed by atoms with Crippen molar-refractivity contribution < 1.29 is 0 Å². The van der Waals surface area contributed by atoms with E-state index in [9.17, 15) is 0 Å². The van der Waals surface area contributed by atoms with Crippen molar-refractivity contribution in [3.63, 3.8) is 0 Å². The first-order valence-electron chi connectivity index (χ1n) is 6.47. The molecule has 1 unspecified atom stereocenters. The molecule has 0 spiro atoms. The van der Waals surface area contributed by atoms with E-state index < -0.39 is 0 Å². The average Bonchev–Trinajstić information content (AvgIpc) is 2.40. The average molecular weight is 228 g/mol. The molecule has 1 aromatic carbocycles. The Hall–Kier alpha value is -1.33. The predicted octanol–water partition coefficient (Wildman–Crippen LogP) is 3.37. The van der Waals surface area contributed by atoms with Crippen LogP contribution in [0.2, 0.25) is 0 Å². The number of nitrogens with zero attached hydrogens (tertiary/aromatic N) is 2. The second-order valence-electron chi connectivity index (χ2n) is 4.93. The molecule has 1 fully saturated rings. The van der Waals surface area contributed by atoms with Crippen LogP contribution in [0.1, 0.15) is 37.8 Å². The third kappa shape index (κ3) is 3.08. The van der Waals surface area contributed by atoms with Crippen LogP contribution in [0.15, 0.2) is 30.3 Å². The minimum absolute atomic E-state index is 0.499. The molecule has 0 aromatic heterocycles. The Labute approximate surface area is 104 Å². The highest BCUT2D eigenvalue weighted by Crippen LogP contribution is 2.27. The smallest absolute Gasteiger partial charge is 0.0624 e. The largest absolute Gasteiger partial charge is 0.297 e. The Morgan fingerprint density at radius 1 is 1.29 bits per heavy atom. The standard InChI is InChI=1S/C15H20N2/c1-13(15-5-3-2-4-6-15)17-11-8-14(7-10-16)9-12-17/h2-6,13-14H,7-9,11-12H2,1H3. The van der Waals surface area contributed by atoms with Crippen LogP contribution in [0.3, 0.4) is 0 Å². The molecule has 1 atom stereocenters. The first-order chi connectivity index (χ1) is 8.31. The summed E-state index contributed by atoms with van der Waals surface area (Å²) < 4.78 is 0. The summed E-state index contributed by atoms with van der Waals surface area (Å²) in [6.45, 7) is 4.53. The summed E-state index contributed by atoms with van der Waals surface area (Å²) in [6, 6.07) is 13.5. The maximum absolute atomic E-state index is 8.71. The lowest BCUT2D eigenvalue weighted by molar-refractivity contribution is 0.142. The number of hydrogen-bond donors (Lipinski definition) is 0. The molecule has 0 N–H and O–H groups in total. The van der Waals surface area contributed by atoms with E-state index in [1.807, 2.05) is 0 Å². The molecule has 0 bridgehead atoms. The van der Waals surface area contributed by atoms with Gasteiger partial charge in [-0.1, -0.05) is 30.3 Å². The molecule has 1 saturated heterocycles. The normalized spacial score (nSPS) is 19.8. The fraction of sp³-hybridized carbons (Fsp3) is 0.533. The number of piperidine rings is 1. The summed E-state index contributed by atoms with van der Waals surface area (Å²) in [5.74, 6) is 0.624. The van der Waals surface area contributed by atoms with Gasteiger partial charge in [0.1, 0.15) is 0 Å². The van der Waals surface area contributed by atoms with Crippen LogP contribution in [-0.4, -0.2) is 18.0 Å². The van der Waals surface area contributed by atoms with Gasteiger partial charge in [-0.25, -0.2) is 0 Å². The van der Waals surface area contributed by atoms with Gasteiger partial charge in [-0.2, -0.15) is 5.26 Å². The Morgan fingerprint density at radius 2 is 1.94 bits per heavy atom. The molecule has 1 heterocycles. The molecule has 1 aliphatic heterocycles. The number of likely N-dealkylation sites (tertiary alicyclic amines) is 1. The van der Waals surface area contributed by atoms with Crippen molar-refractivity contribution in [2.24, 2.45) is 5.92 Å². The lowest BCUT2D eigenvalue weighted by atomic mass is 9.92. The highest BCUT2D eigenvalue weighted by molar-refractivity contribution is 5.18. The summed E-state index contributed by atoms with van der Waals surface area (Å²) in [5.41, 5.74) is 1.39. The Bertz CT molecular complexity index is 372. The second kappa shape index (κ2) is 5.84. The van der Waals surface area contributed by atoms with E-state index in [1.165, 1.54) is 18.4 Å². The summed E-state index contributed by atoms with van der Waals surface area (Å²) in [6.07, 6.45) is 3.07. The molecular weight excluding hydrogens is 208 g/mol. The Morgan fingerprint density at radius 3 is 2.53 bits per heavy atom. The topological polar surface area (TPSA) is 27.0 Å². The first-order valence-corrected chi connectivity index (χ1v) is 6.47. The molecule has 1 aliphatic rings. The van der Waals surface area contributed by atoms with E-state index in [-0.39, 0.29) is 0 Å². The van der Waals surface area contributed by atoms with Crippen molar-refractivity contribution in [1.29, 1.82) is 5.26 Å². The molecule has 17 heavy (non-hydrogen) atoms. The molecule has 0 amide bonds. The van der Waals surface area contributed by atoms with Gasteiger partial charge in [-0.3, -0.25) is 4.90 Å². The van der Waals surface area contributed by atoms with E-state index in [0.29, 0.717) is 12.0 Å². The van der Waals surface area contributed by atoms with E-state index in [4.69, 9.17) is 5.26 Å². The Balaban J connectivity index is 1.91. The minimum Gasteiger partial charge on any atom is -0.297 e. The van der Waals surface area contributed by atoms with Crippen molar-refractivity contribution in [1.82, 2.24) is 4.90 Å². The zero-order valence-electron chi connectivity index (χ0n) is 10.5. The third-order valence-corrected chi connectivity index (χ3v) is 3.86. The summed E-state index contributed by atoms with van der Waals surface area (Å²) in [4.78, 5) is 2.53. The monoisotopic (exact) mass is 228 g/mol. The van der Waals surface area contributed by atoms with Crippen LogP contribution in [0, 0.1) is 17.2 Å². The molecule has 2 rings (SSSR count). The van der Waals surface area contributed by atoms with Gasteiger partial charge in [0.2, 0.25) is 0 Å². The molecule has 90 valence electrons. The highest BCUT2D eigenvalue weighted by atomic mass is 15.2. The van der Waals surface area contributed by atoms with Crippen molar-refractivity contribution >= 4 is 0 Å². The van der Waals surface area contributed by atoms with Crippen LogP contribution in [0.4, 0.5) is 0 Å². The lowest BCUT2D eigenvalue weighted by Gasteiger charge is -2.35. The summed E-state index contributed by atoms with van der Waals surface area (Å²) in [7, 11) is 0. The second-order valence-corrected chi connectivity index (χ2v) is 4.93. The quantitative estimate of drug-likeness (QED) is 0.793. The van der Waals surface area contributed by atoms with Gasteiger partial charge in [0.15, 0.2) is 0 Å². The van der Waals surface area contributed by atoms with E-state index in [1.54, 1.807) is 0 Å². The van der Waals surface area contributed by atoms with E-state index in [0.717, 1.165) is 19.5 Å². The van der Waals surface area contributed by atoms with Gasteiger partial charge in [-0.05, 0) is 44.3 Å². The fourth-order valence-corrected chi connectivity index (χ4v) is 2.62. The van der Waals surface area contributed by atoms with E-state index >= 15 is 0 Å². The molecule has 2 nitrogen and oxygen atoms in total. The lowest BCUT2D eigenvalue weighted by Crippen LogP contribution is -2.35. The SMILES string of the molecule is CC(c1ccccc1)N1CCC(CC#N)CC1. The van der Waals surface area contributed by atoms with Crippen molar-refractivity contribution in [3.05, 3.63) is 35.9 Å². The van der Waals surface area contributed by atoms with Gasteiger partial charge in [0.25, 0.3) is 0 Å². The highest BCUT2D eigenvalue weighted by Gasteiger charge is 2.22. The van der Waals surface area contributed by atoms with Gasteiger partial charge in [-0.15, -0.1) is 0 Å². The number of hydrogen-bond acceptors (Lipinski definition) is 2. The summed E-state index contributed by atoms with van der Waals surface area (Å²) in [5, 5.41) is 8.71. The third-order valence-electron chi connectivity index (χ3n) is 3.86. The molecule has 1 aromatic rings. The van der Waals surface area contributed by atoms with Crippen molar-refractivity contribution in [3.8, 4) is 6.07 Å². The Kier molecular flexibility index (Phi) is 4.17. The van der Waals surface area contributed by atoms with Gasteiger partial charge >= 0.3 is 0 Å². The fourth-order valence-electron chi connectivity index (χ4n) is 2.62. The van der Waals surface area contributed by atoms with Crippen LogP contribution in [0.5, 0.6) is 0 Å². The van der Waals surface area contributed by atoms with Gasteiger partial charge in [0.05, 0.1) is 6.07 Å².